The number of benzene rings is 1. The van der Waals surface area contributed by atoms with Crippen LogP contribution in [0.15, 0.2) is 24.3 Å². The molecule has 0 aromatic heterocycles. The van der Waals surface area contributed by atoms with E-state index in [1.54, 1.807) is 0 Å². The fraction of sp³-hybridized carbons (Fsp3) is 0.600. The highest BCUT2D eigenvalue weighted by Crippen LogP contribution is 2.32. The van der Waals surface area contributed by atoms with Crippen LogP contribution in [0.25, 0.3) is 0 Å². The Bertz CT molecular complexity index is 434. The van der Waals surface area contributed by atoms with Gasteiger partial charge in [0.1, 0.15) is 0 Å². The third-order valence-corrected chi connectivity index (χ3v) is 4.46. The minimum atomic E-state index is -0.341. The molecular weight excluding hydrogens is 235 g/mol. The molecule has 0 amide bonds. The van der Waals surface area contributed by atoms with Crippen molar-refractivity contribution in [3.05, 3.63) is 35.4 Å². The largest absolute Gasteiger partial charge is 0.437 e. The lowest BCUT2D eigenvalue weighted by molar-refractivity contribution is 0.172. The van der Waals surface area contributed by atoms with Crippen molar-refractivity contribution in [3.63, 3.8) is 0 Å². The van der Waals surface area contributed by atoms with Gasteiger partial charge in [-0.2, -0.15) is 0 Å². The third-order valence-electron chi connectivity index (χ3n) is 4.46. The first-order valence-electron chi connectivity index (χ1n) is 7.49. The molecule has 0 radical (unpaired) electrons. The lowest BCUT2D eigenvalue weighted by Gasteiger charge is -2.31. The number of hydrogen-bond donors (Lipinski definition) is 1. The molecule has 2 fully saturated rings. The van der Waals surface area contributed by atoms with Crippen molar-refractivity contribution in [2.45, 2.75) is 38.7 Å². The second-order valence-electron chi connectivity index (χ2n) is 5.90. The van der Waals surface area contributed by atoms with Crippen LogP contribution in [0, 0.1) is 0 Å². The SMILES string of the molecule is CB(O)N1CCCC1c1cccc(CN2CCC2)c1. The van der Waals surface area contributed by atoms with Crippen LogP contribution in [-0.2, 0) is 6.54 Å². The molecule has 0 bridgehead atoms. The Hall–Kier alpha value is -0.835. The molecular formula is C15H23BN2O. The zero-order chi connectivity index (χ0) is 13.2. The van der Waals surface area contributed by atoms with Gasteiger partial charge in [0.2, 0.25) is 0 Å². The number of hydrogen-bond acceptors (Lipinski definition) is 3. The average molecular weight is 258 g/mol. The van der Waals surface area contributed by atoms with Gasteiger partial charge in [-0.25, -0.2) is 0 Å². The predicted octanol–water partition coefficient (Wildman–Crippen LogP) is 2.14. The van der Waals surface area contributed by atoms with Crippen LogP contribution in [0.5, 0.6) is 0 Å². The minimum absolute atomic E-state index is 0.341. The summed E-state index contributed by atoms with van der Waals surface area (Å²) in [5.41, 5.74) is 2.78. The van der Waals surface area contributed by atoms with E-state index in [4.69, 9.17) is 0 Å². The van der Waals surface area contributed by atoms with E-state index in [0.717, 1.165) is 19.5 Å². The summed E-state index contributed by atoms with van der Waals surface area (Å²) in [5.74, 6) is 0. The molecule has 2 heterocycles. The van der Waals surface area contributed by atoms with Crippen LogP contribution >= 0.6 is 0 Å². The maximum Gasteiger partial charge on any atom is 0.376 e. The van der Waals surface area contributed by atoms with Gasteiger partial charge in [-0.15, -0.1) is 0 Å². The summed E-state index contributed by atoms with van der Waals surface area (Å²) in [4.78, 5) is 4.70. The van der Waals surface area contributed by atoms with E-state index in [0.29, 0.717) is 6.04 Å². The first-order chi connectivity index (χ1) is 9.24. The summed E-state index contributed by atoms with van der Waals surface area (Å²) >= 11 is 0. The van der Waals surface area contributed by atoms with Crippen molar-refractivity contribution in [1.82, 2.24) is 9.71 Å². The van der Waals surface area contributed by atoms with E-state index in [2.05, 4.69) is 34.0 Å². The number of nitrogens with zero attached hydrogens (tertiary/aromatic N) is 2. The van der Waals surface area contributed by atoms with Gasteiger partial charge in [-0.3, -0.25) is 4.90 Å². The molecule has 0 saturated carbocycles. The van der Waals surface area contributed by atoms with Crippen LogP contribution in [0.3, 0.4) is 0 Å². The van der Waals surface area contributed by atoms with Crippen molar-refractivity contribution in [2.75, 3.05) is 19.6 Å². The first kappa shape index (κ1) is 13.2. The quantitative estimate of drug-likeness (QED) is 0.838. The Morgan fingerprint density at radius 3 is 2.79 bits per heavy atom. The molecule has 19 heavy (non-hydrogen) atoms. The van der Waals surface area contributed by atoms with Gasteiger partial charge in [0.05, 0.1) is 0 Å². The Morgan fingerprint density at radius 2 is 2.11 bits per heavy atom. The fourth-order valence-corrected chi connectivity index (χ4v) is 3.29. The number of rotatable bonds is 4. The maximum absolute atomic E-state index is 9.86. The van der Waals surface area contributed by atoms with Crippen molar-refractivity contribution >= 4 is 7.05 Å². The van der Waals surface area contributed by atoms with E-state index in [-0.39, 0.29) is 7.05 Å². The van der Waals surface area contributed by atoms with Gasteiger partial charge in [-0.1, -0.05) is 24.3 Å². The lowest BCUT2D eigenvalue weighted by atomic mass is 9.83. The van der Waals surface area contributed by atoms with Crippen LogP contribution < -0.4 is 0 Å². The second kappa shape index (κ2) is 5.65. The van der Waals surface area contributed by atoms with Crippen LogP contribution in [-0.4, -0.2) is 41.4 Å². The Morgan fingerprint density at radius 1 is 1.26 bits per heavy atom. The molecule has 1 aromatic carbocycles. The average Bonchev–Trinajstić information content (AvgIpc) is 2.83. The summed E-state index contributed by atoms with van der Waals surface area (Å²) in [5, 5.41) is 9.86. The molecule has 2 saturated heterocycles. The highest BCUT2D eigenvalue weighted by Gasteiger charge is 2.31. The van der Waals surface area contributed by atoms with Gasteiger partial charge >= 0.3 is 7.05 Å². The van der Waals surface area contributed by atoms with E-state index < -0.39 is 0 Å². The van der Waals surface area contributed by atoms with Gasteiger partial charge < -0.3 is 9.83 Å². The molecule has 3 rings (SSSR count). The van der Waals surface area contributed by atoms with Crippen LogP contribution in [0.2, 0.25) is 6.82 Å². The van der Waals surface area contributed by atoms with Gasteiger partial charge in [0.15, 0.2) is 0 Å². The zero-order valence-electron chi connectivity index (χ0n) is 11.8. The summed E-state index contributed by atoms with van der Waals surface area (Å²) < 4.78 is 0. The van der Waals surface area contributed by atoms with Crippen LogP contribution in [0.4, 0.5) is 0 Å². The first-order valence-corrected chi connectivity index (χ1v) is 7.49. The number of likely N-dealkylation sites (tertiary alicyclic amines) is 1. The second-order valence-corrected chi connectivity index (χ2v) is 5.90. The molecule has 2 aliphatic heterocycles. The van der Waals surface area contributed by atoms with Crippen molar-refractivity contribution in [1.29, 1.82) is 0 Å². The molecule has 2 aliphatic rings. The Balaban J connectivity index is 1.74. The molecule has 4 heteroatoms. The van der Waals surface area contributed by atoms with Crippen molar-refractivity contribution in [3.8, 4) is 0 Å². The Labute approximate surface area is 116 Å². The molecule has 0 spiro atoms. The van der Waals surface area contributed by atoms with E-state index >= 15 is 0 Å². The van der Waals surface area contributed by atoms with Crippen molar-refractivity contribution in [2.24, 2.45) is 0 Å². The standard InChI is InChI=1S/C15H23BN2O/c1-16(19)18-10-3-7-15(18)14-6-2-5-13(11-14)12-17-8-4-9-17/h2,5-6,11,15,19H,3-4,7-10,12H2,1H3. The summed E-state index contributed by atoms with van der Waals surface area (Å²) in [6.07, 6.45) is 3.70. The smallest absolute Gasteiger partial charge is 0.376 e. The topological polar surface area (TPSA) is 26.7 Å². The third kappa shape index (κ3) is 2.86. The summed E-state index contributed by atoms with van der Waals surface area (Å²) in [6, 6.07) is 9.34. The fourth-order valence-electron chi connectivity index (χ4n) is 3.29. The Kier molecular flexibility index (Phi) is 3.92. The molecule has 1 unspecified atom stereocenters. The zero-order valence-corrected chi connectivity index (χ0v) is 11.8. The van der Waals surface area contributed by atoms with Gasteiger partial charge in [-0.05, 0) is 56.8 Å². The monoisotopic (exact) mass is 258 g/mol. The van der Waals surface area contributed by atoms with Gasteiger partial charge in [0.25, 0.3) is 0 Å². The predicted molar refractivity (Wildman–Crippen MR) is 78.9 cm³/mol. The van der Waals surface area contributed by atoms with E-state index in [1.165, 1.54) is 37.1 Å². The summed E-state index contributed by atoms with van der Waals surface area (Å²) in [6.45, 7) is 6.46. The lowest BCUT2D eigenvalue weighted by Crippen LogP contribution is -2.37. The summed E-state index contributed by atoms with van der Waals surface area (Å²) in [7, 11) is -0.341. The van der Waals surface area contributed by atoms with Crippen LogP contribution in [0.1, 0.15) is 36.4 Å². The van der Waals surface area contributed by atoms with E-state index in [9.17, 15) is 5.02 Å². The highest BCUT2D eigenvalue weighted by atomic mass is 16.2. The highest BCUT2D eigenvalue weighted by molar-refractivity contribution is 6.45. The molecule has 1 aromatic rings. The molecule has 102 valence electrons. The molecule has 3 nitrogen and oxygen atoms in total. The van der Waals surface area contributed by atoms with Crippen molar-refractivity contribution < 1.29 is 5.02 Å². The molecule has 1 atom stereocenters. The minimum Gasteiger partial charge on any atom is -0.437 e. The van der Waals surface area contributed by atoms with Gasteiger partial charge in [0, 0.05) is 12.6 Å². The molecule has 1 N–H and O–H groups in total. The van der Waals surface area contributed by atoms with E-state index in [1.807, 2.05) is 6.82 Å². The normalized spacial score (nSPS) is 24.4. The maximum atomic E-state index is 9.86. The molecule has 0 aliphatic carbocycles.